The van der Waals surface area contributed by atoms with Gasteiger partial charge in [0.1, 0.15) is 0 Å². The topological polar surface area (TPSA) is 36.1 Å². The predicted octanol–water partition coefficient (Wildman–Crippen LogP) is 8.53. The van der Waals surface area contributed by atoms with E-state index in [1.165, 1.54) is 47.7 Å². The Hall–Kier alpha value is -3.85. The van der Waals surface area contributed by atoms with Crippen molar-refractivity contribution >= 4 is 44.0 Å². The van der Waals surface area contributed by atoms with Gasteiger partial charge in [0.15, 0.2) is 5.78 Å². The molecule has 1 aliphatic heterocycles. The number of aromatic amines is 1. The lowest BCUT2D eigenvalue weighted by molar-refractivity contribution is 0.104. The number of hydrogen-bond donors (Lipinski definition) is 1. The first-order chi connectivity index (χ1) is 18.0. The number of allylic oxidation sites excluding steroid dienone is 2. The Morgan fingerprint density at radius 3 is 2.49 bits per heavy atom. The van der Waals surface area contributed by atoms with E-state index in [0.717, 1.165) is 39.5 Å². The zero-order chi connectivity index (χ0) is 25.1. The van der Waals surface area contributed by atoms with Crippen molar-refractivity contribution in [1.29, 1.82) is 0 Å². The van der Waals surface area contributed by atoms with Crippen molar-refractivity contribution < 1.29 is 4.79 Å². The number of benzene rings is 4. The molecule has 37 heavy (non-hydrogen) atoms. The Labute approximate surface area is 217 Å². The van der Waals surface area contributed by atoms with Gasteiger partial charge >= 0.3 is 0 Å². The van der Waals surface area contributed by atoms with Crippen molar-refractivity contribution in [2.75, 3.05) is 11.9 Å². The van der Waals surface area contributed by atoms with E-state index in [4.69, 9.17) is 0 Å². The molecule has 2 heterocycles. The summed E-state index contributed by atoms with van der Waals surface area (Å²) in [6, 6.07) is 27.5. The number of anilines is 1. The van der Waals surface area contributed by atoms with Gasteiger partial charge in [0.05, 0.1) is 0 Å². The van der Waals surface area contributed by atoms with Crippen LogP contribution in [0.2, 0.25) is 0 Å². The number of ketones is 1. The number of carbonyl (C=O) groups excluding carboxylic acids is 1. The summed E-state index contributed by atoms with van der Waals surface area (Å²) in [5, 5.41) is 4.83. The van der Waals surface area contributed by atoms with Gasteiger partial charge in [0.25, 0.3) is 0 Å². The van der Waals surface area contributed by atoms with E-state index < -0.39 is 0 Å². The second-order valence-electron chi connectivity index (χ2n) is 11.3. The molecule has 2 aliphatic rings. The molecule has 1 fully saturated rings. The van der Waals surface area contributed by atoms with Crippen LogP contribution in [0.5, 0.6) is 0 Å². The van der Waals surface area contributed by atoms with Crippen molar-refractivity contribution in [1.82, 2.24) is 4.98 Å². The Morgan fingerprint density at radius 2 is 1.65 bits per heavy atom. The third-order valence-corrected chi connectivity index (χ3v) is 8.98. The van der Waals surface area contributed by atoms with Crippen molar-refractivity contribution in [2.24, 2.45) is 5.92 Å². The molecular formula is C34H32N2O. The summed E-state index contributed by atoms with van der Waals surface area (Å²) in [6.45, 7) is 2.38. The van der Waals surface area contributed by atoms with Crippen molar-refractivity contribution in [3.05, 3.63) is 102 Å². The van der Waals surface area contributed by atoms with Gasteiger partial charge in [-0.1, -0.05) is 74.2 Å². The van der Waals surface area contributed by atoms with Gasteiger partial charge in [0, 0.05) is 57.3 Å². The fourth-order valence-corrected chi connectivity index (χ4v) is 7.21. The van der Waals surface area contributed by atoms with Crippen LogP contribution in [0.1, 0.15) is 54.9 Å². The third kappa shape index (κ3) is 3.44. The average molecular weight is 485 g/mol. The predicted molar refractivity (Wildman–Crippen MR) is 154 cm³/mol. The van der Waals surface area contributed by atoms with E-state index in [0.29, 0.717) is 5.92 Å². The Morgan fingerprint density at radius 1 is 0.919 bits per heavy atom. The lowest BCUT2D eigenvalue weighted by atomic mass is 9.72. The summed E-state index contributed by atoms with van der Waals surface area (Å²) in [4.78, 5) is 19.6. The molecule has 4 aromatic carbocycles. The molecule has 0 bridgehead atoms. The van der Waals surface area contributed by atoms with Crippen molar-refractivity contribution in [2.45, 2.75) is 44.4 Å². The van der Waals surface area contributed by atoms with Crippen LogP contribution in [0.15, 0.2) is 90.6 Å². The van der Waals surface area contributed by atoms with Gasteiger partial charge in [-0.05, 0) is 65.9 Å². The summed E-state index contributed by atoms with van der Waals surface area (Å²) >= 11 is 0. The monoisotopic (exact) mass is 484 g/mol. The van der Waals surface area contributed by atoms with Crippen LogP contribution in [0, 0.1) is 5.92 Å². The normalized spacial score (nSPS) is 21.0. The van der Waals surface area contributed by atoms with E-state index in [1.807, 2.05) is 24.3 Å². The standard InChI is InChI=1S/C34H32N2O/c1-34(21-22-9-3-4-10-22)32(36(2)30-18-16-23-11-5-6-12-25(23)33(30)34)20-31(37)24-15-17-29-27(19-24)26-13-7-8-14-28(26)35-29/h5-8,11-20,22,35H,3-4,9-10,21H2,1-2H3. The number of rotatable bonds is 4. The van der Waals surface area contributed by atoms with E-state index in [1.54, 1.807) is 0 Å². The lowest BCUT2D eigenvalue weighted by Crippen LogP contribution is -2.29. The van der Waals surface area contributed by atoms with Crippen LogP contribution in [0.3, 0.4) is 0 Å². The Balaban J connectivity index is 1.37. The molecule has 5 aromatic rings. The highest BCUT2D eigenvalue weighted by molar-refractivity contribution is 6.13. The molecule has 7 rings (SSSR count). The molecule has 1 aromatic heterocycles. The fraction of sp³-hybridized carbons (Fsp3) is 0.265. The molecule has 1 aliphatic carbocycles. The third-order valence-electron chi connectivity index (χ3n) is 8.98. The molecule has 0 amide bonds. The molecule has 3 heteroatoms. The molecule has 0 saturated heterocycles. The van der Waals surface area contributed by atoms with Crippen molar-refractivity contribution in [3.63, 3.8) is 0 Å². The lowest BCUT2D eigenvalue weighted by Gasteiger charge is -2.32. The minimum absolute atomic E-state index is 0.0730. The SMILES string of the molecule is CN1C(=CC(=O)c2ccc3[nH]c4ccccc4c3c2)C(C)(CC2CCCC2)c2c1ccc1ccccc21. The van der Waals surface area contributed by atoms with Crippen LogP contribution in [-0.4, -0.2) is 17.8 Å². The van der Waals surface area contributed by atoms with E-state index in [9.17, 15) is 4.79 Å². The molecule has 3 nitrogen and oxygen atoms in total. The number of aromatic nitrogens is 1. The average Bonchev–Trinajstić information content (AvgIpc) is 3.61. The molecule has 1 atom stereocenters. The largest absolute Gasteiger partial charge is 0.355 e. The molecule has 1 saturated carbocycles. The summed E-state index contributed by atoms with van der Waals surface area (Å²) in [5.41, 5.74) is 6.42. The first-order valence-corrected chi connectivity index (χ1v) is 13.6. The zero-order valence-corrected chi connectivity index (χ0v) is 21.6. The number of H-pyrrole nitrogens is 1. The van der Waals surface area contributed by atoms with E-state index in [2.05, 4.69) is 84.5 Å². The molecule has 0 radical (unpaired) electrons. The first-order valence-electron chi connectivity index (χ1n) is 13.6. The molecular weight excluding hydrogens is 452 g/mol. The van der Waals surface area contributed by atoms with Gasteiger partial charge in [-0.25, -0.2) is 0 Å². The minimum atomic E-state index is -0.208. The van der Waals surface area contributed by atoms with Gasteiger partial charge < -0.3 is 9.88 Å². The number of likely N-dealkylation sites (N-methyl/N-ethyl adjacent to an activating group) is 1. The first kappa shape index (κ1) is 22.4. The Kier molecular flexibility index (Phi) is 5.04. The zero-order valence-electron chi connectivity index (χ0n) is 21.6. The highest BCUT2D eigenvalue weighted by atomic mass is 16.1. The fourth-order valence-electron chi connectivity index (χ4n) is 7.21. The van der Waals surface area contributed by atoms with Crippen LogP contribution < -0.4 is 4.90 Å². The second kappa shape index (κ2) is 8.34. The molecule has 0 spiro atoms. The Bertz CT molecular complexity index is 1720. The van der Waals surface area contributed by atoms with Crippen molar-refractivity contribution in [3.8, 4) is 0 Å². The second-order valence-corrected chi connectivity index (χ2v) is 11.3. The number of carbonyl (C=O) groups is 1. The number of nitrogens with one attached hydrogen (secondary N) is 1. The van der Waals surface area contributed by atoms with Crippen LogP contribution in [0.25, 0.3) is 32.6 Å². The summed E-state index contributed by atoms with van der Waals surface area (Å²) in [5.74, 6) is 0.771. The maximum absolute atomic E-state index is 13.9. The van der Waals surface area contributed by atoms with Crippen LogP contribution in [0.4, 0.5) is 5.69 Å². The van der Waals surface area contributed by atoms with E-state index in [-0.39, 0.29) is 11.2 Å². The maximum Gasteiger partial charge on any atom is 0.187 e. The quantitative estimate of drug-likeness (QED) is 0.205. The van der Waals surface area contributed by atoms with Crippen LogP contribution in [-0.2, 0) is 5.41 Å². The number of para-hydroxylation sites is 1. The smallest absolute Gasteiger partial charge is 0.187 e. The molecule has 184 valence electrons. The number of hydrogen-bond acceptors (Lipinski definition) is 2. The molecule has 1 unspecified atom stereocenters. The highest BCUT2D eigenvalue weighted by Gasteiger charge is 2.45. The van der Waals surface area contributed by atoms with Gasteiger partial charge in [-0.2, -0.15) is 0 Å². The summed E-state index contributed by atoms with van der Waals surface area (Å²) in [6.07, 6.45) is 8.23. The molecule has 1 N–H and O–H groups in total. The van der Waals surface area contributed by atoms with Gasteiger partial charge in [0.2, 0.25) is 0 Å². The minimum Gasteiger partial charge on any atom is -0.355 e. The number of nitrogens with zero attached hydrogens (tertiary/aromatic N) is 1. The summed E-state index contributed by atoms with van der Waals surface area (Å²) < 4.78 is 0. The van der Waals surface area contributed by atoms with Crippen LogP contribution >= 0.6 is 0 Å². The van der Waals surface area contributed by atoms with Gasteiger partial charge in [-0.15, -0.1) is 0 Å². The highest BCUT2D eigenvalue weighted by Crippen LogP contribution is 2.54. The number of fused-ring (bicyclic) bond motifs is 6. The summed E-state index contributed by atoms with van der Waals surface area (Å²) in [7, 11) is 2.13. The van der Waals surface area contributed by atoms with E-state index >= 15 is 0 Å². The van der Waals surface area contributed by atoms with Gasteiger partial charge in [-0.3, -0.25) is 4.79 Å². The maximum atomic E-state index is 13.9.